The number of hydrogen-bond donors (Lipinski definition) is 0. The molecule has 0 aromatic carbocycles. The van der Waals surface area contributed by atoms with Crippen molar-refractivity contribution in [2.24, 2.45) is 0 Å². The fourth-order valence-corrected chi connectivity index (χ4v) is 3.37. The average Bonchev–Trinajstić information content (AvgIpc) is 2.50. The molecule has 0 aliphatic heterocycles. The van der Waals surface area contributed by atoms with Gasteiger partial charge in [-0.15, -0.1) is 28.6 Å². The van der Waals surface area contributed by atoms with Crippen LogP contribution >= 0.6 is 28.6 Å². The molecule has 142 valence electrons. The summed E-state index contributed by atoms with van der Waals surface area (Å²) in [6, 6.07) is 0.792. The summed E-state index contributed by atoms with van der Waals surface area (Å²) in [6.07, 6.45) is 20.9. The maximum atomic E-state index is 5.73. The molecule has 0 amide bonds. The standard InChI is InChI=1S/C20H42ClN.BrH/c1-4-5-6-7-8-9-10-11-14-17-20(22(2)3)18-15-12-13-16-19-21;/h20H,4-19H2,1-3H3;1H. The van der Waals surface area contributed by atoms with E-state index in [1.54, 1.807) is 0 Å². The van der Waals surface area contributed by atoms with Crippen molar-refractivity contribution < 1.29 is 0 Å². The lowest BCUT2D eigenvalue weighted by Crippen LogP contribution is -2.27. The molecule has 0 aromatic rings. The Bertz CT molecular complexity index is 212. The van der Waals surface area contributed by atoms with Gasteiger partial charge in [0.25, 0.3) is 0 Å². The topological polar surface area (TPSA) is 3.24 Å². The van der Waals surface area contributed by atoms with E-state index in [-0.39, 0.29) is 17.0 Å². The third kappa shape index (κ3) is 18.9. The Hall–Kier alpha value is 0.730. The molecule has 23 heavy (non-hydrogen) atoms. The lowest BCUT2D eigenvalue weighted by atomic mass is 9.99. The minimum absolute atomic E-state index is 0. The maximum absolute atomic E-state index is 5.73. The van der Waals surface area contributed by atoms with Crippen LogP contribution in [0.1, 0.15) is 103 Å². The largest absolute Gasteiger partial charge is 0.306 e. The Labute approximate surface area is 162 Å². The number of nitrogens with zero attached hydrogens (tertiary/aromatic N) is 1. The second-order valence-corrected chi connectivity index (χ2v) is 7.50. The number of halogens is 2. The molecule has 0 fully saturated rings. The van der Waals surface area contributed by atoms with Gasteiger partial charge < -0.3 is 4.90 Å². The molecule has 0 saturated heterocycles. The van der Waals surface area contributed by atoms with Crippen molar-refractivity contribution in [3.8, 4) is 0 Å². The molecule has 0 spiro atoms. The second-order valence-electron chi connectivity index (χ2n) is 7.13. The zero-order valence-electron chi connectivity index (χ0n) is 16.1. The van der Waals surface area contributed by atoms with E-state index < -0.39 is 0 Å². The van der Waals surface area contributed by atoms with Crippen molar-refractivity contribution >= 4 is 28.6 Å². The van der Waals surface area contributed by atoms with E-state index in [1.807, 2.05) is 0 Å². The van der Waals surface area contributed by atoms with Crippen molar-refractivity contribution in [1.29, 1.82) is 0 Å². The SMILES string of the molecule is Br.CCCCCCCCCCCC(CCCCCCCl)N(C)C. The van der Waals surface area contributed by atoms with Gasteiger partial charge in [-0.05, 0) is 33.4 Å². The first-order chi connectivity index (χ1) is 10.7. The van der Waals surface area contributed by atoms with Crippen LogP contribution in [0.2, 0.25) is 0 Å². The smallest absolute Gasteiger partial charge is 0.0223 e. The lowest BCUT2D eigenvalue weighted by molar-refractivity contribution is 0.251. The van der Waals surface area contributed by atoms with Gasteiger partial charge in [-0.3, -0.25) is 0 Å². The summed E-state index contributed by atoms with van der Waals surface area (Å²) >= 11 is 5.73. The zero-order chi connectivity index (χ0) is 16.5. The van der Waals surface area contributed by atoms with Gasteiger partial charge in [0.15, 0.2) is 0 Å². The minimum atomic E-state index is 0. The first kappa shape index (κ1) is 26.0. The fourth-order valence-electron chi connectivity index (χ4n) is 3.18. The average molecular weight is 413 g/mol. The Morgan fingerprint density at radius 2 is 1.04 bits per heavy atom. The van der Waals surface area contributed by atoms with E-state index in [4.69, 9.17) is 11.6 Å². The van der Waals surface area contributed by atoms with Crippen LogP contribution in [0.5, 0.6) is 0 Å². The summed E-state index contributed by atoms with van der Waals surface area (Å²) in [7, 11) is 4.49. The molecule has 0 aliphatic rings. The Kier molecular flexibility index (Phi) is 23.5. The minimum Gasteiger partial charge on any atom is -0.306 e. The number of unbranched alkanes of at least 4 members (excludes halogenated alkanes) is 11. The molecule has 0 aliphatic carbocycles. The predicted octanol–water partition coefficient (Wildman–Crippen LogP) is 7.60. The highest BCUT2D eigenvalue weighted by Gasteiger charge is 2.10. The van der Waals surface area contributed by atoms with Crippen LogP contribution in [0.4, 0.5) is 0 Å². The number of rotatable bonds is 17. The van der Waals surface area contributed by atoms with E-state index in [9.17, 15) is 0 Å². The molecule has 0 aromatic heterocycles. The van der Waals surface area contributed by atoms with Crippen molar-refractivity contribution in [3.05, 3.63) is 0 Å². The highest BCUT2D eigenvalue weighted by molar-refractivity contribution is 8.93. The molecule has 0 rings (SSSR count). The lowest BCUT2D eigenvalue weighted by Gasteiger charge is -2.24. The van der Waals surface area contributed by atoms with E-state index in [1.165, 1.54) is 96.3 Å². The van der Waals surface area contributed by atoms with Crippen LogP contribution in [0.25, 0.3) is 0 Å². The van der Waals surface area contributed by atoms with Gasteiger partial charge in [0.2, 0.25) is 0 Å². The first-order valence-electron chi connectivity index (χ1n) is 9.94. The van der Waals surface area contributed by atoms with E-state index in [0.29, 0.717) is 0 Å². The van der Waals surface area contributed by atoms with Crippen LogP contribution in [0, 0.1) is 0 Å². The van der Waals surface area contributed by atoms with E-state index in [0.717, 1.165) is 11.9 Å². The van der Waals surface area contributed by atoms with Crippen LogP contribution in [-0.2, 0) is 0 Å². The number of hydrogen-bond acceptors (Lipinski definition) is 1. The highest BCUT2D eigenvalue weighted by Crippen LogP contribution is 2.17. The molecule has 0 bridgehead atoms. The second kappa shape index (κ2) is 20.8. The zero-order valence-corrected chi connectivity index (χ0v) is 18.6. The fraction of sp³-hybridized carbons (Fsp3) is 1.00. The normalized spacial score (nSPS) is 12.4. The molecule has 1 nitrogen and oxygen atoms in total. The summed E-state index contributed by atoms with van der Waals surface area (Å²) in [6.45, 7) is 2.29. The van der Waals surface area contributed by atoms with Crippen molar-refractivity contribution in [1.82, 2.24) is 4.90 Å². The maximum Gasteiger partial charge on any atom is 0.0223 e. The van der Waals surface area contributed by atoms with Gasteiger partial charge in [-0.25, -0.2) is 0 Å². The van der Waals surface area contributed by atoms with Crippen LogP contribution in [0.15, 0.2) is 0 Å². The third-order valence-corrected chi connectivity index (χ3v) is 5.06. The monoisotopic (exact) mass is 411 g/mol. The van der Waals surface area contributed by atoms with Gasteiger partial charge in [-0.2, -0.15) is 0 Å². The first-order valence-corrected chi connectivity index (χ1v) is 10.5. The van der Waals surface area contributed by atoms with Crippen molar-refractivity contribution in [3.63, 3.8) is 0 Å². The molecule has 0 heterocycles. The van der Waals surface area contributed by atoms with Crippen LogP contribution in [-0.4, -0.2) is 30.9 Å². The summed E-state index contributed by atoms with van der Waals surface area (Å²) in [5, 5.41) is 0. The van der Waals surface area contributed by atoms with Gasteiger partial charge >= 0.3 is 0 Å². The number of alkyl halides is 1. The summed E-state index contributed by atoms with van der Waals surface area (Å²) < 4.78 is 0. The summed E-state index contributed by atoms with van der Waals surface area (Å²) in [5.41, 5.74) is 0. The Balaban J connectivity index is 0. The molecular formula is C20H43BrClN. The van der Waals surface area contributed by atoms with Gasteiger partial charge in [0.1, 0.15) is 0 Å². The molecule has 3 heteroatoms. The highest BCUT2D eigenvalue weighted by atomic mass is 79.9. The Morgan fingerprint density at radius 3 is 1.43 bits per heavy atom. The van der Waals surface area contributed by atoms with Gasteiger partial charge in [0.05, 0.1) is 0 Å². The quantitative estimate of drug-likeness (QED) is 0.175. The van der Waals surface area contributed by atoms with Crippen molar-refractivity contribution in [2.45, 2.75) is 109 Å². The van der Waals surface area contributed by atoms with Gasteiger partial charge in [-0.1, -0.05) is 84.0 Å². The van der Waals surface area contributed by atoms with E-state index in [2.05, 4.69) is 25.9 Å². The molecule has 1 atom stereocenters. The third-order valence-electron chi connectivity index (χ3n) is 4.79. The Morgan fingerprint density at radius 1 is 0.652 bits per heavy atom. The molecule has 0 radical (unpaired) electrons. The van der Waals surface area contributed by atoms with E-state index >= 15 is 0 Å². The van der Waals surface area contributed by atoms with Crippen LogP contribution < -0.4 is 0 Å². The van der Waals surface area contributed by atoms with Crippen LogP contribution in [0.3, 0.4) is 0 Å². The molecule has 0 N–H and O–H groups in total. The predicted molar refractivity (Wildman–Crippen MR) is 113 cm³/mol. The van der Waals surface area contributed by atoms with Crippen molar-refractivity contribution in [2.75, 3.05) is 20.0 Å². The molecule has 0 saturated carbocycles. The summed E-state index contributed by atoms with van der Waals surface area (Å²) in [5.74, 6) is 0.829. The van der Waals surface area contributed by atoms with Gasteiger partial charge in [0, 0.05) is 11.9 Å². The molecular weight excluding hydrogens is 370 g/mol. The molecule has 1 unspecified atom stereocenters. The summed E-state index contributed by atoms with van der Waals surface area (Å²) in [4.78, 5) is 2.44.